The van der Waals surface area contributed by atoms with Crippen LogP contribution in [0.1, 0.15) is 24.2 Å². The predicted octanol–water partition coefficient (Wildman–Crippen LogP) is 2.66. The van der Waals surface area contributed by atoms with Crippen LogP contribution in [0.4, 0.5) is 5.82 Å². The van der Waals surface area contributed by atoms with Crippen molar-refractivity contribution in [2.75, 3.05) is 18.9 Å². The molecule has 1 heterocycles. The van der Waals surface area contributed by atoms with E-state index >= 15 is 0 Å². The van der Waals surface area contributed by atoms with E-state index in [0.29, 0.717) is 18.0 Å². The maximum absolute atomic E-state index is 12.2. The molecule has 0 aliphatic carbocycles. The van der Waals surface area contributed by atoms with Crippen LogP contribution in [0.3, 0.4) is 0 Å². The first kappa shape index (κ1) is 13.3. The molecule has 0 aliphatic rings. The molecule has 0 spiro atoms. The number of amides is 1. The molecular weight excluding hydrogens is 238 g/mol. The molecule has 0 radical (unpaired) electrons. The molecule has 0 atom stereocenters. The predicted molar refractivity (Wildman–Crippen MR) is 78.5 cm³/mol. The number of pyridine rings is 1. The molecular formula is C15H19N3O. The monoisotopic (exact) mass is 257 g/mol. The summed E-state index contributed by atoms with van der Waals surface area (Å²) in [7, 11) is 1.83. The number of fused-ring (bicyclic) bond motifs is 1. The summed E-state index contributed by atoms with van der Waals surface area (Å²) in [6.45, 7) is 4.81. The van der Waals surface area contributed by atoms with Crippen molar-refractivity contribution in [1.29, 1.82) is 0 Å². The minimum absolute atomic E-state index is 0.0694. The van der Waals surface area contributed by atoms with Crippen LogP contribution in [0.25, 0.3) is 10.8 Å². The fraction of sp³-hybridized carbons (Fsp3) is 0.333. The summed E-state index contributed by atoms with van der Waals surface area (Å²) in [5, 5.41) is 7.85. The van der Waals surface area contributed by atoms with Gasteiger partial charge in [0, 0.05) is 25.2 Å². The van der Waals surface area contributed by atoms with E-state index in [2.05, 4.69) is 29.5 Å². The van der Waals surface area contributed by atoms with Crippen LogP contribution in [0.2, 0.25) is 0 Å². The molecule has 100 valence electrons. The lowest BCUT2D eigenvalue weighted by molar-refractivity contribution is 0.0950. The molecule has 1 aromatic carbocycles. The van der Waals surface area contributed by atoms with Crippen molar-refractivity contribution in [2.45, 2.75) is 13.8 Å². The highest BCUT2D eigenvalue weighted by Crippen LogP contribution is 2.23. The highest BCUT2D eigenvalue weighted by Gasteiger charge is 2.12. The highest BCUT2D eigenvalue weighted by atomic mass is 16.1. The summed E-state index contributed by atoms with van der Waals surface area (Å²) >= 11 is 0. The van der Waals surface area contributed by atoms with E-state index < -0.39 is 0 Å². The summed E-state index contributed by atoms with van der Waals surface area (Å²) in [6.07, 6.45) is 1.63. The maximum Gasteiger partial charge on any atom is 0.253 e. The van der Waals surface area contributed by atoms with E-state index in [0.717, 1.165) is 16.6 Å². The van der Waals surface area contributed by atoms with Gasteiger partial charge in [-0.15, -0.1) is 0 Å². The van der Waals surface area contributed by atoms with Crippen LogP contribution in [0, 0.1) is 5.92 Å². The van der Waals surface area contributed by atoms with Crippen LogP contribution in [-0.4, -0.2) is 24.5 Å². The van der Waals surface area contributed by atoms with Crippen LogP contribution >= 0.6 is 0 Å². The number of carbonyl (C=O) groups excluding carboxylic acids is 1. The quantitative estimate of drug-likeness (QED) is 0.885. The van der Waals surface area contributed by atoms with E-state index in [1.807, 2.05) is 31.3 Å². The average molecular weight is 257 g/mol. The van der Waals surface area contributed by atoms with Gasteiger partial charge in [-0.2, -0.15) is 0 Å². The Morgan fingerprint density at radius 2 is 1.95 bits per heavy atom. The number of hydrogen-bond acceptors (Lipinski definition) is 3. The lowest BCUT2D eigenvalue weighted by atomic mass is 10.1. The minimum Gasteiger partial charge on any atom is -0.373 e. The van der Waals surface area contributed by atoms with Gasteiger partial charge in [-0.05, 0) is 11.3 Å². The first-order chi connectivity index (χ1) is 9.13. The van der Waals surface area contributed by atoms with Gasteiger partial charge in [-0.1, -0.05) is 38.1 Å². The molecule has 0 saturated carbocycles. The van der Waals surface area contributed by atoms with Crippen LogP contribution in [0.15, 0.2) is 30.5 Å². The van der Waals surface area contributed by atoms with Crippen LogP contribution < -0.4 is 10.6 Å². The fourth-order valence-corrected chi connectivity index (χ4v) is 1.96. The molecule has 1 aromatic heterocycles. The zero-order valence-electron chi connectivity index (χ0n) is 11.5. The van der Waals surface area contributed by atoms with Crippen LogP contribution in [-0.2, 0) is 0 Å². The molecule has 4 heteroatoms. The molecule has 0 aliphatic heterocycles. The van der Waals surface area contributed by atoms with Gasteiger partial charge in [0.15, 0.2) is 0 Å². The Hall–Kier alpha value is -2.10. The fourth-order valence-electron chi connectivity index (χ4n) is 1.96. The summed E-state index contributed by atoms with van der Waals surface area (Å²) in [4.78, 5) is 16.5. The van der Waals surface area contributed by atoms with Crippen molar-refractivity contribution < 1.29 is 4.79 Å². The Morgan fingerprint density at radius 3 is 2.58 bits per heavy atom. The number of anilines is 1. The molecule has 0 saturated heterocycles. The average Bonchev–Trinajstić information content (AvgIpc) is 2.43. The normalized spacial score (nSPS) is 10.7. The Labute approximate surface area is 113 Å². The minimum atomic E-state index is -0.0694. The van der Waals surface area contributed by atoms with Gasteiger partial charge in [0.05, 0.1) is 5.56 Å². The molecule has 0 unspecified atom stereocenters. The Morgan fingerprint density at radius 1 is 1.26 bits per heavy atom. The third-order valence-electron chi connectivity index (χ3n) is 2.95. The van der Waals surface area contributed by atoms with Crippen molar-refractivity contribution in [1.82, 2.24) is 10.3 Å². The van der Waals surface area contributed by atoms with E-state index in [1.54, 1.807) is 6.20 Å². The SMILES string of the molecule is CNc1ncc(C(=O)NCC(C)C)c2ccccc12. The summed E-state index contributed by atoms with van der Waals surface area (Å²) in [6, 6.07) is 7.79. The van der Waals surface area contributed by atoms with Gasteiger partial charge < -0.3 is 10.6 Å². The van der Waals surface area contributed by atoms with Crippen molar-refractivity contribution in [3.05, 3.63) is 36.0 Å². The third kappa shape index (κ3) is 2.84. The smallest absolute Gasteiger partial charge is 0.253 e. The molecule has 19 heavy (non-hydrogen) atoms. The number of hydrogen-bond donors (Lipinski definition) is 2. The number of aromatic nitrogens is 1. The number of benzene rings is 1. The second-order valence-corrected chi connectivity index (χ2v) is 4.92. The lowest BCUT2D eigenvalue weighted by Crippen LogP contribution is -2.27. The van der Waals surface area contributed by atoms with E-state index in [4.69, 9.17) is 0 Å². The molecule has 0 bridgehead atoms. The van der Waals surface area contributed by atoms with E-state index in [9.17, 15) is 4.79 Å². The Kier molecular flexibility index (Phi) is 4.00. The highest BCUT2D eigenvalue weighted by molar-refractivity contribution is 6.09. The second kappa shape index (κ2) is 5.69. The summed E-state index contributed by atoms with van der Waals surface area (Å²) < 4.78 is 0. The Balaban J connectivity index is 2.41. The standard InChI is InChI=1S/C15H19N3O/c1-10(2)8-18-15(19)13-9-17-14(16-3)12-7-5-4-6-11(12)13/h4-7,9-10H,8H2,1-3H3,(H,16,17)(H,18,19). The topological polar surface area (TPSA) is 54.0 Å². The molecule has 2 rings (SSSR count). The largest absolute Gasteiger partial charge is 0.373 e. The van der Waals surface area contributed by atoms with Crippen molar-refractivity contribution >= 4 is 22.5 Å². The van der Waals surface area contributed by atoms with Crippen molar-refractivity contribution in [3.63, 3.8) is 0 Å². The van der Waals surface area contributed by atoms with E-state index in [-0.39, 0.29) is 5.91 Å². The van der Waals surface area contributed by atoms with Gasteiger partial charge >= 0.3 is 0 Å². The van der Waals surface area contributed by atoms with Gasteiger partial charge in [0.25, 0.3) is 5.91 Å². The van der Waals surface area contributed by atoms with Gasteiger partial charge in [-0.25, -0.2) is 4.98 Å². The summed E-state index contributed by atoms with van der Waals surface area (Å²) in [5.74, 6) is 1.15. The maximum atomic E-state index is 12.2. The number of nitrogens with zero attached hydrogens (tertiary/aromatic N) is 1. The van der Waals surface area contributed by atoms with E-state index in [1.165, 1.54) is 0 Å². The third-order valence-corrected chi connectivity index (χ3v) is 2.95. The molecule has 1 amide bonds. The zero-order chi connectivity index (χ0) is 13.8. The van der Waals surface area contributed by atoms with Crippen molar-refractivity contribution in [2.24, 2.45) is 5.92 Å². The number of rotatable bonds is 4. The molecule has 2 aromatic rings. The summed E-state index contributed by atoms with van der Waals surface area (Å²) in [5.41, 5.74) is 0.621. The molecule has 4 nitrogen and oxygen atoms in total. The van der Waals surface area contributed by atoms with Gasteiger partial charge in [0.1, 0.15) is 5.82 Å². The zero-order valence-corrected chi connectivity index (χ0v) is 11.5. The van der Waals surface area contributed by atoms with Crippen molar-refractivity contribution in [3.8, 4) is 0 Å². The second-order valence-electron chi connectivity index (χ2n) is 4.92. The first-order valence-corrected chi connectivity index (χ1v) is 6.47. The molecule has 2 N–H and O–H groups in total. The van der Waals surface area contributed by atoms with Gasteiger partial charge in [0.2, 0.25) is 0 Å². The molecule has 0 fully saturated rings. The van der Waals surface area contributed by atoms with Crippen LogP contribution in [0.5, 0.6) is 0 Å². The lowest BCUT2D eigenvalue weighted by Gasteiger charge is -2.11. The number of nitrogens with one attached hydrogen (secondary N) is 2. The van der Waals surface area contributed by atoms with Gasteiger partial charge in [-0.3, -0.25) is 4.79 Å². The number of carbonyl (C=O) groups is 1. The first-order valence-electron chi connectivity index (χ1n) is 6.47. The Bertz CT molecular complexity index is 593.